The molecule has 0 radical (unpaired) electrons. The molecule has 0 aromatic carbocycles. The van der Waals surface area contributed by atoms with Gasteiger partial charge in [0.2, 0.25) is 5.95 Å². The van der Waals surface area contributed by atoms with Gasteiger partial charge in [-0.15, -0.1) is 0 Å². The molecule has 0 unspecified atom stereocenters. The van der Waals surface area contributed by atoms with E-state index < -0.39 is 0 Å². The highest BCUT2D eigenvalue weighted by molar-refractivity contribution is 6.03. The number of nitrogens with two attached hydrogens (primary N) is 1. The Hall–Kier alpha value is -2.44. The van der Waals surface area contributed by atoms with Gasteiger partial charge in [-0.05, 0) is 38.5 Å². The molecule has 2 aromatic rings. The van der Waals surface area contributed by atoms with E-state index >= 15 is 0 Å². The van der Waals surface area contributed by atoms with E-state index in [0.29, 0.717) is 5.69 Å². The average Bonchev–Trinajstić information content (AvgIpc) is 2.97. The number of amides is 1. The molecule has 1 aliphatic carbocycles. The lowest BCUT2D eigenvalue weighted by atomic mass is 9.94. The van der Waals surface area contributed by atoms with Crippen LogP contribution in [0, 0.1) is 0 Å². The Morgan fingerprint density at radius 1 is 1.13 bits per heavy atom. The third-order valence-corrected chi connectivity index (χ3v) is 4.63. The molecule has 0 saturated carbocycles. The van der Waals surface area contributed by atoms with Crippen molar-refractivity contribution < 1.29 is 4.79 Å². The lowest BCUT2D eigenvalue weighted by Crippen LogP contribution is -2.23. The summed E-state index contributed by atoms with van der Waals surface area (Å²) in [6.07, 6.45) is 8.81. The number of fused-ring (bicyclic) bond motifs is 2. The first-order chi connectivity index (χ1) is 11.2. The minimum Gasteiger partial charge on any atom is -0.368 e. The van der Waals surface area contributed by atoms with Crippen molar-refractivity contribution in [2.24, 2.45) is 0 Å². The van der Waals surface area contributed by atoms with Gasteiger partial charge in [-0.3, -0.25) is 4.79 Å². The molecule has 2 aromatic heterocycles. The number of carbonyl (C=O) groups is 1. The van der Waals surface area contributed by atoms with Crippen molar-refractivity contribution in [3.05, 3.63) is 29.0 Å². The smallest absolute Gasteiger partial charge is 0.275 e. The van der Waals surface area contributed by atoms with Crippen LogP contribution in [-0.4, -0.2) is 25.4 Å². The number of aromatic nitrogens is 4. The lowest BCUT2D eigenvalue weighted by Gasteiger charge is -2.19. The fourth-order valence-corrected chi connectivity index (χ4v) is 3.49. The van der Waals surface area contributed by atoms with E-state index in [0.717, 1.165) is 74.4 Å². The fraction of sp³-hybridized carbons (Fsp3) is 0.500. The largest absolute Gasteiger partial charge is 0.368 e. The predicted octanol–water partition coefficient (Wildman–Crippen LogP) is 1.72. The van der Waals surface area contributed by atoms with Crippen LogP contribution < -0.4 is 11.1 Å². The Kier molecular flexibility index (Phi) is 3.48. The van der Waals surface area contributed by atoms with E-state index in [9.17, 15) is 4.79 Å². The van der Waals surface area contributed by atoms with E-state index in [1.54, 1.807) is 6.20 Å². The molecule has 0 bridgehead atoms. The number of imidazole rings is 1. The summed E-state index contributed by atoms with van der Waals surface area (Å²) >= 11 is 0. The number of rotatable bonds is 2. The number of nitrogens with zero attached hydrogens (tertiary/aromatic N) is 4. The van der Waals surface area contributed by atoms with Crippen LogP contribution in [0.5, 0.6) is 0 Å². The zero-order valence-corrected chi connectivity index (χ0v) is 13.0. The maximum atomic E-state index is 12.7. The number of anilines is 2. The molecular weight excluding hydrogens is 292 g/mol. The molecule has 1 aliphatic heterocycles. The van der Waals surface area contributed by atoms with E-state index in [4.69, 9.17) is 5.73 Å². The molecule has 1 amide bonds. The van der Waals surface area contributed by atoms with Crippen LogP contribution in [0.4, 0.5) is 11.8 Å². The van der Waals surface area contributed by atoms with Crippen molar-refractivity contribution >= 4 is 17.7 Å². The molecule has 3 N–H and O–H groups in total. The highest BCUT2D eigenvalue weighted by atomic mass is 16.2. The minimum atomic E-state index is -0.217. The highest BCUT2D eigenvalue weighted by Crippen LogP contribution is 2.24. The minimum absolute atomic E-state index is 0.172. The highest BCUT2D eigenvalue weighted by Gasteiger charge is 2.23. The average molecular weight is 312 g/mol. The van der Waals surface area contributed by atoms with Gasteiger partial charge in [0.05, 0.1) is 6.20 Å². The van der Waals surface area contributed by atoms with Gasteiger partial charge in [-0.25, -0.2) is 15.0 Å². The van der Waals surface area contributed by atoms with Crippen LogP contribution in [0.15, 0.2) is 6.20 Å². The van der Waals surface area contributed by atoms with Gasteiger partial charge in [0.25, 0.3) is 5.91 Å². The molecule has 7 nitrogen and oxygen atoms in total. The molecule has 7 heteroatoms. The van der Waals surface area contributed by atoms with Gasteiger partial charge in [0.15, 0.2) is 0 Å². The zero-order chi connectivity index (χ0) is 15.8. The Labute approximate surface area is 134 Å². The molecular formula is C16H20N6O. The van der Waals surface area contributed by atoms with Crippen LogP contribution >= 0.6 is 0 Å². The Morgan fingerprint density at radius 3 is 2.87 bits per heavy atom. The summed E-state index contributed by atoms with van der Waals surface area (Å²) in [5.41, 5.74) is 8.07. The van der Waals surface area contributed by atoms with Crippen molar-refractivity contribution in [3.63, 3.8) is 0 Å². The molecule has 120 valence electrons. The first-order valence-corrected chi connectivity index (χ1v) is 8.23. The zero-order valence-electron chi connectivity index (χ0n) is 13.0. The van der Waals surface area contributed by atoms with Crippen LogP contribution in [0.2, 0.25) is 0 Å². The molecule has 3 heterocycles. The van der Waals surface area contributed by atoms with Crippen LogP contribution in [0.3, 0.4) is 0 Å². The van der Waals surface area contributed by atoms with Gasteiger partial charge in [-0.1, -0.05) is 0 Å². The van der Waals surface area contributed by atoms with Gasteiger partial charge in [0.1, 0.15) is 17.3 Å². The van der Waals surface area contributed by atoms with Crippen molar-refractivity contribution in [3.8, 4) is 0 Å². The van der Waals surface area contributed by atoms with Gasteiger partial charge in [0, 0.05) is 24.2 Å². The Balaban J connectivity index is 1.65. The second-order valence-corrected chi connectivity index (χ2v) is 6.19. The SMILES string of the molecule is Nc1nc2c(c(C(=O)Nc3cnc4n3CCCC4)n1)CCCC2. The monoisotopic (exact) mass is 312 g/mol. The van der Waals surface area contributed by atoms with E-state index in [-0.39, 0.29) is 11.9 Å². The second kappa shape index (κ2) is 5.64. The number of hydrogen-bond donors (Lipinski definition) is 2. The second-order valence-electron chi connectivity index (χ2n) is 6.19. The Bertz CT molecular complexity index is 766. The first kappa shape index (κ1) is 14.2. The molecule has 23 heavy (non-hydrogen) atoms. The van der Waals surface area contributed by atoms with E-state index in [2.05, 4.69) is 24.8 Å². The topological polar surface area (TPSA) is 98.7 Å². The summed E-state index contributed by atoms with van der Waals surface area (Å²) in [4.78, 5) is 25.6. The number of carbonyl (C=O) groups excluding carboxylic acids is 1. The predicted molar refractivity (Wildman–Crippen MR) is 86.2 cm³/mol. The number of nitrogen functional groups attached to an aromatic ring is 1. The molecule has 0 spiro atoms. The van der Waals surface area contributed by atoms with Crippen LogP contribution in [0.1, 0.15) is 53.3 Å². The van der Waals surface area contributed by atoms with Crippen molar-refractivity contribution in [1.29, 1.82) is 0 Å². The van der Waals surface area contributed by atoms with E-state index in [1.807, 2.05) is 0 Å². The normalized spacial score (nSPS) is 16.5. The quantitative estimate of drug-likeness (QED) is 0.879. The lowest BCUT2D eigenvalue weighted by molar-refractivity contribution is 0.102. The number of aryl methyl sites for hydroxylation is 2. The van der Waals surface area contributed by atoms with Crippen LogP contribution in [0.25, 0.3) is 0 Å². The van der Waals surface area contributed by atoms with E-state index in [1.165, 1.54) is 0 Å². The molecule has 2 aliphatic rings. The number of hydrogen-bond acceptors (Lipinski definition) is 5. The van der Waals surface area contributed by atoms with Gasteiger partial charge in [-0.2, -0.15) is 0 Å². The third-order valence-electron chi connectivity index (χ3n) is 4.63. The number of nitrogens with one attached hydrogen (secondary N) is 1. The summed E-state index contributed by atoms with van der Waals surface area (Å²) in [6, 6.07) is 0. The van der Waals surface area contributed by atoms with Crippen molar-refractivity contribution in [2.75, 3.05) is 11.1 Å². The van der Waals surface area contributed by atoms with Gasteiger partial charge < -0.3 is 15.6 Å². The van der Waals surface area contributed by atoms with Crippen LogP contribution in [-0.2, 0) is 25.8 Å². The summed E-state index contributed by atoms with van der Waals surface area (Å²) in [5, 5.41) is 2.96. The summed E-state index contributed by atoms with van der Waals surface area (Å²) in [5.74, 6) is 1.74. The molecule has 0 atom stereocenters. The fourth-order valence-electron chi connectivity index (χ4n) is 3.49. The third kappa shape index (κ3) is 2.56. The summed E-state index contributed by atoms with van der Waals surface area (Å²) < 4.78 is 2.08. The van der Waals surface area contributed by atoms with Crippen molar-refractivity contribution in [1.82, 2.24) is 19.5 Å². The maximum Gasteiger partial charge on any atom is 0.275 e. The van der Waals surface area contributed by atoms with Gasteiger partial charge >= 0.3 is 0 Å². The first-order valence-electron chi connectivity index (χ1n) is 8.23. The summed E-state index contributed by atoms with van der Waals surface area (Å²) in [6.45, 7) is 0.898. The van der Waals surface area contributed by atoms with Crippen molar-refractivity contribution in [2.45, 2.75) is 51.5 Å². The molecule has 0 fully saturated rings. The summed E-state index contributed by atoms with van der Waals surface area (Å²) in [7, 11) is 0. The Morgan fingerprint density at radius 2 is 1.96 bits per heavy atom. The molecule has 4 rings (SSSR count). The maximum absolute atomic E-state index is 12.7. The molecule has 0 saturated heterocycles. The standard InChI is InChI=1S/C16H20N6O/c17-16-19-11-6-2-1-5-10(11)14(21-16)15(23)20-13-9-18-12-7-3-4-8-22(12)13/h9H,1-8H2,(H,20,23)(H2,17,19,21).